The lowest BCUT2D eigenvalue weighted by atomic mass is 9.79. The number of likely N-dealkylation sites (N-methyl/N-ethyl adjacent to an activating group) is 1. The molecule has 0 radical (unpaired) electrons. The first-order valence-corrected chi connectivity index (χ1v) is 8.73. The van der Waals surface area contributed by atoms with Crippen LogP contribution in [0.1, 0.15) is 45.1 Å². The maximum absolute atomic E-state index is 12.4. The van der Waals surface area contributed by atoms with E-state index in [0.717, 1.165) is 31.2 Å². The van der Waals surface area contributed by atoms with E-state index in [-0.39, 0.29) is 12.5 Å². The van der Waals surface area contributed by atoms with E-state index < -0.39 is 18.1 Å². The molecule has 0 aliphatic heterocycles. The number of ether oxygens (including phenoxy) is 1. The van der Waals surface area contributed by atoms with Crippen molar-refractivity contribution < 1.29 is 19.4 Å². The standard InChI is InChI=1S/C19H27NO4/c1-3-20(19(23)24-13-15-7-5-4-6-8-15)17(18(21)22)16-11-9-14(2)10-12-16/h4-8,14,16-17H,3,9-13H2,1-2H3,(H,21,22). The van der Waals surface area contributed by atoms with Gasteiger partial charge in [-0.2, -0.15) is 0 Å². The highest BCUT2D eigenvalue weighted by molar-refractivity contribution is 5.80. The molecule has 1 saturated carbocycles. The van der Waals surface area contributed by atoms with Crippen LogP contribution in [0.2, 0.25) is 0 Å². The summed E-state index contributed by atoms with van der Waals surface area (Å²) in [4.78, 5) is 25.6. The van der Waals surface area contributed by atoms with E-state index in [0.29, 0.717) is 12.5 Å². The topological polar surface area (TPSA) is 66.8 Å². The van der Waals surface area contributed by atoms with Gasteiger partial charge >= 0.3 is 12.1 Å². The maximum atomic E-state index is 12.4. The van der Waals surface area contributed by atoms with Gasteiger partial charge in [-0.25, -0.2) is 9.59 Å². The molecular formula is C19H27NO4. The summed E-state index contributed by atoms with van der Waals surface area (Å²) in [7, 11) is 0. The van der Waals surface area contributed by atoms with E-state index in [1.54, 1.807) is 6.92 Å². The highest BCUT2D eigenvalue weighted by Crippen LogP contribution is 2.32. The van der Waals surface area contributed by atoms with Gasteiger partial charge in [0, 0.05) is 6.54 Å². The summed E-state index contributed by atoms with van der Waals surface area (Å²) in [6, 6.07) is 8.61. The van der Waals surface area contributed by atoms with Gasteiger partial charge < -0.3 is 9.84 Å². The Morgan fingerprint density at radius 2 is 1.83 bits per heavy atom. The van der Waals surface area contributed by atoms with Gasteiger partial charge in [0.15, 0.2) is 0 Å². The summed E-state index contributed by atoms with van der Waals surface area (Å²) in [5.41, 5.74) is 0.889. The normalized spacial score (nSPS) is 21.8. The molecule has 1 amide bonds. The Kier molecular flexibility index (Phi) is 6.64. The zero-order valence-corrected chi connectivity index (χ0v) is 14.5. The quantitative estimate of drug-likeness (QED) is 0.856. The van der Waals surface area contributed by atoms with Crippen LogP contribution in [0.4, 0.5) is 4.79 Å². The third-order valence-corrected chi connectivity index (χ3v) is 4.88. The van der Waals surface area contributed by atoms with Crippen LogP contribution >= 0.6 is 0 Å². The maximum Gasteiger partial charge on any atom is 0.410 e. The van der Waals surface area contributed by atoms with Crippen molar-refractivity contribution in [2.24, 2.45) is 11.8 Å². The van der Waals surface area contributed by atoms with Crippen LogP contribution in [0.5, 0.6) is 0 Å². The molecule has 1 unspecified atom stereocenters. The van der Waals surface area contributed by atoms with Crippen molar-refractivity contribution in [2.75, 3.05) is 6.54 Å². The number of amides is 1. The van der Waals surface area contributed by atoms with Gasteiger partial charge in [-0.05, 0) is 37.2 Å². The summed E-state index contributed by atoms with van der Waals surface area (Å²) in [6.07, 6.45) is 3.18. The fourth-order valence-electron chi connectivity index (χ4n) is 3.43. The Hall–Kier alpha value is -2.04. The molecule has 0 saturated heterocycles. The number of rotatable bonds is 6. The molecule has 1 aromatic carbocycles. The summed E-state index contributed by atoms with van der Waals surface area (Å²) >= 11 is 0. The lowest BCUT2D eigenvalue weighted by molar-refractivity contribution is -0.145. The Morgan fingerprint density at radius 3 is 2.38 bits per heavy atom. The monoisotopic (exact) mass is 333 g/mol. The van der Waals surface area contributed by atoms with Crippen molar-refractivity contribution >= 4 is 12.1 Å². The van der Waals surface area contributed by atoms with Crippen molar-refractivity contribution in [3.05, 3.63) is 35.9 Å². The fraction of sp³-hybridized carbons (Fsp3) is 0.579. The minimum absolute atomic E-state index is 0.00271. The van der Waals surface area contributed by atoms with Crippen LogP contribution in [0, 0.1) is 11.8 Å². The van der Waals surface area contributed by atoms with E-state index >= 15 is 0 Å². The number of carbonyl (C=O) groups is 2. The first kappa shape index (κ1) is 18.3. The molecule has 1 aromatic rings. The Labute approximate surface area is 143 Å². The average molecular weight is 333 g/mol. The van der Waals surface area contributed by atoms with Crippen molar-refractivity contribution in [3.8, 4) is 0 Å². The van der Waals surface area contributed by atoms with Crippen LogP contribution in [0.25, 0.3) is 0 Å². The number of aliphatic carboxylic acids is 1. The average Bonchev–Trinajstić information content (AvgIpc) is 2.59. The van der Waals surface area contributed by atoms with E-state index in [9.17, 15) is 14.7 Å². The second kappa shape index (κ2) is 8.71. The van der Waals surface area contributed by atoms with Gasteiger partial charge in [0.05, 0.1) is 0 Å². The van der Waals surface area contributed by atoms with Crippen molar-refractivity contribution in [1.29, 1.82) is 0 Å². The predicted molar refractivity (Wildman–Crippen MR) is 91.6 cm³/mol. The van der Waals surface area contributed by atoms with Gasteiger partial charge in [0.2, 0.25) is 0 Å². The molecule has 5 nitrogen and oxygen atoms in total. The Morgan fingerprint density at radius 1 is 1.21 bits per heavy atom. The molecule has 0 heterocycles. The molecule has 1 N–H and O–H groups in total. The van der Waals surface area contributed by atoms with Gasteiger partial charge in [-0.15, -0.1) is 0 Å². The Balaban J connectivity index is 2.02. The molecule has 1 aliphatic carbocycles. The first-order valence-electron chi connectivity index (χ1n) is 8.73. The smallest absolute Gasteiger partial charge is 0.410 e. The third-order valence-electron chi connectivity index (χ3n) is 4.88. The molecule has 1 atom stereocenters. The van der Waals surface area contributed by atoms with Gasteiger partial charge in [0.1, 0.15) is 12.6 Å². The van der Waals surface area contributed by atoms with Crippen LogP contribution < -0.4 is 0 Å². The second-order valence-corrected chi connectivity index (χ2v) is 6.63. The van der Waals surface area contributed by atoms with E-state index in [1.807, 2.05) is 30.3 Å². The van der Waals surface area contributed by atoms with E-state index in [4.69, 9.17) is 4.74 Å². The number of nitrogens with zero attached hydrogens (tertiary/aromatic N) is 1. The summed E-state index contributed by atoms with van der Waals surface area (Å²) < 4.78 is 5.35. The van der Waals surface area contributed by atoms with Crippen LogP contribution in [0.3, 0.4) is 0 Å². The molecule has 0 aromatic heterocycles. The minimum atomic E-state index is -0.937. The van der Waals surface area contributed by atoms with Crippen LogP contribution in [-0.4, -0.2) is 34.7 Å². The lowest BCUT2D eigenvalue weighted by Gasteiger charge is -2.36. The highest BCUT2D eigenvalue weighted by Gasteiger charge is 2.37. The molecule has 0 spiro atoms. The molecule has 132 valence electrons. The molecule has 2 rings (SSSR count). The third kappa shape index (κ3) is 4.73. The molecule has 0 bridgehead atoms. The highest BCUT2D eigenvalue weighted by atomic mass is 16.6. The molecule has 5 heteroatoms. The van der Waals surface area contributed by atoms with Crippen LogP contribution in [-0.2, 0) is 16.1 Å². The first-order chi connectivity index (χ1) is 11.5. The number of carboxylic acid groups (broad SMARTS) is 1. The van der Waals surface area contributed by atoms with E-state index in [2.05, 4.69) is 6.92 Å². The lowest BCUT2D eigenvalue weighted by Crippen LogP contribution is -2.50. The van der Waals surface area contributed by atoms with Crippen molar-refractivity contribution in [2.45, 2.75) is 52.2 Å². The molecule has 1 aliphatic rings. The largest absolute Gasteiger partial charge is 0.480 e. The zero-order chi connectivity index (χ0) is 17.5. The summed E-state index contributed by atoms with van der Waals surface area (Å²) in [5, 5.41) is 9.68. The van der Waals surface area contributed by atoms with Gasteiger partial charge in [-0.1, -0.05) is 50.1 Å². The minimum Gasteiger partial charge on any atom is -0.480 e. The number of benzene rings is 1. The van der Waals surface area contributed by atoms with Crippen LogP contribution in [0.15, 0.2) is 30.3 Å². The predicted octanol–water partition coefficient (Wildman–Crippen LogP) is 3.92. The SMILES string of the molecule is CCN(C(=O)OCc1ccccc1)C(C(=O)O)C1CCC(C)CC1. The zero-order valence-electron chi connectivity index (χ0n) is 14.5. The second-order valence-electron chi connectivity index (χ2n) is 6.63. The van der Waals surface area contributed by atoms with Crippen molar-refractivity contribution in [1.82, 2.24) is 4.90 Å². The number of carboxylic acids is 1. The van der Waals surface area contributed by atoms with E-state index in [1.165, 1.54) is 4.90 Å². The fourth-order valence-corrected chi connectivity index (χ4v) is 3.43. The Bertz CT molecular complexity index is 538. The summed E-state index contributed by atoms with van der Waals surface area (Å²) in [6.45, 7) is 4.48. The number of hydrogen-bond acceptors (Lipinski definition) is 3. The number of carbonyl (C=O) groups excluding carboxylic acids is 1. The molecule has 1 fully saturated rings. The molecular weight excluding hydrogens is 306 g/mol. The van der Waals surface area contributed by atoms with Crippen molar-refractivity contribution in [3.63, 3.8) is 0 Å². The number of hydrogen-bond donors (Lipinski definition) is 1. The molecule has 24 heavy (non-hydrogen) atoms. The van der Waals surface area contributed by atoms with Gasteiger partial charge in [0.25, 0.3) is 0 Å². The summed E-state index contributed by atoms with van der Waals surface area (Å²) in [5.74, 6) is -0.299. The van der Waals surface area contributed by atoms with Gasteiger partial charge in [-0.3, -0.25) is 4.90 Å².